The molecule has 0 saturated carbocycles. The van der Waals surface area contributed by atoms with Crippen molar-refractivity contribution in [2.24, 2.45) is 5.73 Å². The number of primary amides is 1. The second-order valence-electron chi connectivity index (χ2n) is 11.9. The third kappa shape index (κ3) is 9.22. The number of nitrogens with zero attached hydrogens (tertiary/aromatic N) is 4. The third-order valence-corrected chi connectivity index (χ3v) is 7.02. The van der Waals surface area contributed by atoms with Gasteiger partial charge in [0.1, 0.15) is 23.8 Å². The Morgan fingerprint density at radius 3 is 2.33 bits per heavy atom. The molecule has 0 radical (unpaired) electrons. The van der Waals surface area contributed by atoms with Crippen LogP contribution in [0.5, 0.6) is 5.75 Å². The van der Waals surface area contributed by atoms with Crippen molar-refractivity contribution in [1.29, 1.82) is 0 Å². The van der Waals surface area contributed by atoms with Gasteiger partial charge in [-0.1, -0.05) is 24.3 Å². The number of hydrogen-bond acceptors (Lipinski definition) is 9. The lowest BCUT2D eigenvalue weighted by Crippen LogP contribution is -2.27. The predicted octanol–water partition coefficient (Wildman–Crippen LogP) is 6.31. The van der Waals surface area contributed by atoms with E-state index in [2.05, 4.69) is 25.5 Å². The maximum absolute atomic E-state index is 13.1. The van der Waals surface area contributed by atoms with Crippen LogP contribution >= 0.6 is 0 Å². The fourth-order valence-electron chi connectivity index (χ4n) is 4.85. The van der Waals surface area contributed by atoms with E-state index in [0.717, 1.165) is 16.7 Å². The fraction of sp³-hybridized carbons (Fsp3) is 0.229. The van der Waals surface area contributed by atoms with Crippen molar-refractivity contribution in [3.8, 4) is 16.9 Å². The van der Waals surface area contributed by atoms with E-state index < -0.39 is 11.7 Å². The summed E-state index contributed by atoms with van der Waals surface area (Å²) in [6.07, 6.45) is 0.920. The van der Waals surface area contributed by atoms with Gasteiger partial charge in [0.05, 0.1) is 31.5 Å². The first-order valence-corrected chi connectivity index (χ1v) is 15.3. The Kier molecular flexibility index (Phi) is 10.3. The molecule has 254 valence electrons. The molecule has 4 N–H and O–H groups in total. The van der Waals surface area contributed by atoms with Gasteiger partial charge in [0.25, 0.3) is 0 Å². The Morgan fingerprint density at radius 1 is 1.00 bits per heavy atom. The number of cyclic esters (lactones) is 1. The summed E-state index contributed by atoms with van der Waals surface area (Å²) in [5.41, 5.74) is 9.49. The quantitative estimate of drug-likeness (QED) is 0.172. The molecule has 1 saturated heterocycles. The van der Waals surface area contributed by atoms with E-state index in [1.54, 1.807) is 67.6 Å². The van der Waals surface area contributed by atoms with Crippen LogP contribution < -0.4 is 26.0 Å². The van der Waals surface area contributed by atoms with Crippen LogP contribution in [0.25, 0.3) is 16.8 Å². The standard InChI is InChI=1S/C30H25FN6O4.C5H11NO2/c1-40-26-17-24(36-14-15-41-30(36)39)11-12-25(26)33-29-34-27-13-6-21(18-37(27)35-29)20-4-9-23(10-5-20)32-28(38)16-19-2-7-22(31)8-3-19;1-5(2,3)8-4(6)7/h2-13,17-18H,14-16H2,1H3,(H,32,38)(H,33,35);1-3H3,(H2,6,7). The van der Waals surface area contributed by atoms with Gasteiger partial charge < -0.3 is 30.6 Å². The summed E-state index contributed by atoms with van der Waals surface area (Å²) >= 11 is 0. The number of amides is 3. The highest BCUT2D eigenvalue weighted by atomic mass is 19.1. The number of halogens is 1. The molecule has 2 aromatic heterocycles. The molecule has 0 atom stereocenters. The molecule has 5 aromatic rings. The number of pyridine rings is 1. The van der Waals surface area contributed by atoms with Crippen molar-refractivity contribution in [3.63, 3.8) is 0 Å². The van der Waals surface area contributed by atoms with Crippen molar-refractivity contribution < 1.29 is 33.0 Å². The van der Waals surface area contributed by atoms with E-state index in [4.69, 9.17) is 15.2 Å². The molecule has 1 aliphatic heterocycles. The number of rotatable bonds is 8. The minimum Gasteiger partial charge on any atom is -0.494 e. The number of anilines is 4. The van der Waals surface area contributed by atoms with Crippen molar-refractivity contribution in [1.82, 2.24) is 14.6 Å². The lowest BCUT2D eigenvalue weighted by atomic mass is 10.1. The highest BCUT2D eigenvalue weighted by Crippen LogP contribution is 2.33. The summed E-state index contributed by atoms with van der Waals surface area (Å²) in [5.74, 6) is 0.401. The van der Waals surface area contributed by atoms with E-state index >= 15 is 0 Å². The summed E-state index contributed by atoms with van der Waals surface area (Å²) in [7, 11) is 1.55. The van der Waals surface area contributed by atoms with Crippen molar-refractivity contribution in [2.75, 3.05) is 35.8 Å². The number of hydrogen-bond donors (Lipinski definition) is 3. The SMILES string of the molecule is CC(C)(C)OC(N)=O.COc1cc(N2CCOC2=O)ccc1Nc1nc2ccc(-c3ccc(NC(=O)Cc4ccc(F)cc4)cc3)cn2n1. The molecular weight excluding hydrogens is 633 g/mol. The Balaban J connectivity index is 0.000000523. The zero-order valence-corrected chi connectivity index (χ0v) is 27.4. The third-order valence-electron chi connectivity index (χ3n) is 7.02. The minimum absolute atomic E-state index is 0.157. The van der Waals surface area contributed by atoms with Crippen LogP contribution in [0.4, 0.5) is 37.0 Å². The van der Waals surface area contributed by atoms with E-state index in [1.807, 2.05) is 42.6 Å². The van der Waals surface area contributed by atoms with Gasteiger partial charge in [0.2, 0.25) is 11.9 Å². The summed E-state index contributed by atoms with van der Waals surface area (Å²) in [6.45, 7) is 6.13. The number of carbonyl (C=O) groups is 3. The molecule has 14 heteroatoms. The molecule has 3 amide bonds. The normalized spacial score (nSPS) is 12.5. The number of benzene rings is 3. The van der Waals surface area contributed by atoms with E-state index in [1.165, 1.54) is 12.1 Å². The van der Waals surface area contributed by atoms with Gasteiger partial charge in [-0.3, -0.25) is 9.69 Å². The topological polar surface area (TPSA) is 162 Å². The van der Waals surface area contributed by atoms with Crippen molar-refractivity contribution in [3.05, 3.63) is 96.4 Å². The molecule has 0 unspecified atom stereocenters. The summed E-state index contributed by atoms with van der Waals surface area (Å²) in [4.78, 5) is 40.4. The molecule has 1 fully saturated rings. The largest absolute Gasteiger partial charge is 0.494 e. The Bertz CT molecular complexity index is 1960. The van der Waals surface area contributed by atoms with Gasteiger partial charge in [-0.25, -0.2) is 18.5 Å². The van der Waals surface area contributed by atoms with E-state index in [0.29, 0.717) is 47.6 Å². The molecule has 3 heterocycles. The second kappa shape index (κ2) is 14.7. The molecular formula is C35H36FN7O6. The first kappa shape index (κ1) is 34.2. The van der Waals surface area contributed by atoms with E-state index in [-0.39, 0.29) is 24.2 Å². The maximum Gasteiger partial charge on any atom is 0.414 e. The minimum atomic E-state index is -0.725. The van der Waals surface area contributed by atoms with Crippen LogP contribution in [0, 0.1) is 5.82 Å². The lowest BCUT2D eigenvalue weighted by Gasteiger charge is -2.16. The lowest BCUT2D eigenvalue weighted by molar-refractivity contribution is -0.115. The average Bonchev–Trinajstić information content (AvgIpc) is 3.66. The monoisotopic (exact) mass is 669 g/mol. The zero-order valence-electron chi connectivity index (χ0n) is 27.4. The van der Waals surface area contributed by atoms with Crippen molar-refractivity contribution >= 4 is 46.8 Å². The van der Waals surface area contributed by atoms with Crippen LogP contribution in [-0.4, -0.2) is 58.6 Å². The van der Waals surface area contributed by atoms with Gasteiger partial charge in [0.15, 0.2) is 5.65 Å². The van der Waals surface area contributed by atoms with Gasteiger partial charge >= 0.3 is 12.2 Å². The molecule has 6 rings (SSSR count). The highest BCUT2D eigenvalue weighted by Gasteiger charge is 2.24. The molecule has 0 spiro atoms. The van der Waals surface area contributed by atoms with Crippen LogP contribution in [0.1, 0.15) is 26.3 Å². The maximum atomic E-state index is 13.1. The van der Waals surface area contributed by atoms with Crippen molar-refractivity contribution in [2.45, 2.75) is 32.8 Å². The molecule has 0 aliphatic carbocycles. The second-order valence-corrected chi connectivity index (χ2v) is 11.9. The summed E-state index contributed by atoms with van der Waals surface area (Å²) < 4.78 is 29.9. The summed E-state index contributed by atoms with van der Waals surface area (Å²) in [5, 5.41) is 10.6. The predicted molar refractivity (Wildman–Crippen MR) is 183 cm³/mol. The van der Waals surface area contributed by atoms with Crippen LogP contribution in [0.15, 0.2) is 85.1 Å². The Morgan fingerprint density at radius 2 is 1.71 bits per heavy atom. The number of ether oxygens (including phenoxy) is 3. The summed E-state index contributed by atoms with van der Waals surface area (Å²) in [6, 6.07) is 22.5. The first-order valence-electron chi connectivity index (χ1n) is 15.3. The zero-order chi connectivity index (χ0) is 35.1. The molecule has 49 heavy (non-hydrogen) atoms. The fourth-order valence-corrected chi connectivity index (χ4v) is 4.85. The van der Waals surface area contributed by atoms with Gasteiger partial charge in [-0.2, -0.15) is 4.98 Å². The number of carbonyl (C=O) groups excluding carboxylic acids is 3. The number of aromatic nitrogens is 3. The molecule has 0 bridgehead atoms. The Hall–Kier alpha value is -6.18. The number of fused-ring (bicyclic) bond motifs is 1. The molecule has 13 nitrogen and oxygen atoms in total. The molecule has 3 aromatic carbocycles. The number of nitrogens with one attached hydrogen (secondary N) is 2. The number of methoxy groups -OCH3 is 1. The Labute approximate surface area is 281 Å². The van der Waals surface area contributed by atoms with Crippen LogP contribution in [-0.2, 0) is 20.7 Å². The van der Waals surface area contributed by atoms with E-state index in [9.17, 15) is 18.8 Å². The first-order chi connectivity index (χ1) is 23.4. The number of nitrogens with two attached hydrogens (primary N) is 1. The van der Waals surface area contributed by atoms with Gasteiger partial charge in [-0.15, -0.1) is 5.10 Å². The molecule has 1 aliphatic rings. The smallest absolute Gasteiger partial charge is 0.414 e. The van der Waals surface area contributed by atoms with Crippen LogP contribution in [0.3, 0.4) is 0 Å². The highest BCUT2D eigenvalue weighted by molar-refractivity contribution is 5.92. The van der Waals surface area contributed by atoms with Crippen LogP contribution in [0.2, 0.25) is 0 Å². The van der Waals surface area contributed by atoms with Gasteiger partial charge in [-0.05, 0) is 80.4 Å². The average molecular weight is 670 g/mol. The van der Waals surface area contributed by atoms with Gasteiger partial charge in [0, 0.05) is 23.5 Å².